The Hall–Kier alpha value is -1.30. The first kappa shape index (κ1) is 14.1. The predicted molar refractivity (Wildman–Crippen MR) is 79.5 cm³/mol. The lowest BCUT2D eigenvalue weighted by Gasteiger charge is -2.05. The Morgan fingerprint density at radius 3 is 2.74 bits per heavy atom. The van der Waals surface area contributed by atoms with Crippen LogP contribution in [0.5, 0.6) is 0 Å². The van der Waals surface area contributed by atoms with E-state index >= 15 is 0 Å². The minimum atomic E-state index is -0.108. The number of thiazole rings is 1. The first-order valence-electron chi connectivity index (χ1n) is 6.60. The predicted octanol–water partition coefficient (Wildman–Crippen LogP) is 2.32. The second-order valence-electron chi connectivity index (χ2n) is 6.23. The standard InChI is InChI=1S/C13H22N4OS/c1-7(2)6-15-12-17-10(14)9(19-12)11(18)16-8-5-13(8,3)4/h7-8H,5-6,14H2,1-4H3,(H,15,17)(H,16,18). The Kier molecular flexibility index (Phi) is 3.71. The topological polar surface area (TPSA) is 80.0 Å². The summed E-state index contributed by atoms with van der Waals surface area (Å²) in [5, 5.41) is 6.91. The molecule has 106 valence electrons. The van der Waals surface area contributed by atoms with Crippen LogP contribution in [0, 0.1) is 11.3 Å². The first-order chi connectivity index (χ1) is 8.79. The van der Waals surface area contributed by atoms with Crippen molar-refractivity contribution < 1.29 is 4.79 Å². The zero-order valence-corrected chi connectivity index (χ0v) is 12.7. The Bertz CT molecular complexity index is 481. The molecule has 1 atom stereocenters. The summed E-state index contributed by atoms with van der Waals surface area (Å²) in [5.41, 5.74) is 6.03. The fraction of sp³-hybridized carbons (Fsp3) is 0.692. The van der Waals surface area contributed by atoms with E-state index in [1.807, 2.05) is 0 Å². The van der Waals surface area contributed by atoms with E-state index < -0.39 is 0 Å². The van der Waals surface area contributed by atoms with Gasteiger partial charge in [-0.3, -0.25) is 4.79 Å². The van der Waals surface area contributed by atoms with Gasteiger partial charge in [0.2, 0.25) is 0 Å². The van der Waals surface area contributed by atoms with Crippen LogP contribution in [0.4, 0.5) is 10.9 Å². The van der Waals surface area contributed by atoms with Gasteiger partial charge in [0.1, 0.15) is 10.7 Å². The summed E-state index contributed by atoms with van der Waals surface area (Å²) < 4.78 is 0. The molecule has 1 aliphatic carbocycles. The zero-order chi connectivity index (χ0) is 14.2. The summed E-state index contributed by atoms with van der Waals surface area (Å²) >= 11 is 1.32. The third-order valence-corrected chi connectivity index (χ3v) is 4.37. The highest BCUT2D eigenvalue weighted by Gasteiger charge is 2.46. The monoisotopic (exact) mass is 282 g/mol. The molecule has 0 aliphatic heterocycles. The largest absolute Gasteiger partial charge is 0.382 e. The average molecular weight is 282 g/mol. The zero-order valence-electron chi connectivity index (χ0n) is 11.9. The molecule has 1 aromatic heterocycles. The minimum absolute atomic E-state index is 0.108. The van der Waals surface area contributed by atoms with Gasteiger partial charge in [-0.15, -0.1) is 0 Å². The van der Waals surface area contributed by atoms with E-state index in [9.17, 15) is 4.79 Å². The molecule has 19 heavy (non-hydrogen) atoms. The molecule has 1 unspecified atom stereocenters. The number of aromatic nitrogens is 1. The maximum Gasteiger partial charge on any atom is 0.265 e. The second-order valence-corrected chi connectivity index (χ2v) is 7.23. The molecule has 6 heteroatoms. The van der Waals surface area contributed by atoms with Gasteiger partial charge < -0.3 is 16.4 Å². The van der Waals surface area contributed by atoms with E-state index in [1.54, 1.807) is 0 Å². The van der Waals surface area contributed by atoms with Crippen LogP contribution in [0.1, 0.15) is 43.8 Å². The molecule has 0 aromatic carbocycles. The van der Waals surface area contributed by atoms with Crippen LogP contribution in [0.2, 0.25) is 0 Å². The van der Waals surface area contributed by atoms with Crippen molar-refractivity contribution in [3.05, 3.63) is 4.88 Å². The van der Waals surface area contributed by atoms with Crippen molar-refractivity contribution in [2.45, 2.75) is 40.2 Å². The summed E-state index contributed by atoms with van der Waals surface area (Å²) in [6, 6.07) is 0.258. The lowest BCUT2D eigenvalue weighted by Crippen LogP contribution is -2.28. The summed E-state index contributed by atoms with van der Waals surface area (Å²) in [5.74, 6) is 0.727. The smallest absolute Gasteiger partial charge is 0.265 e. The van der Waals surface area contributed by atoms with Crippen molar-refractivity contribution in [1.29, 1.82) is 0 Å². The van der Waals surface area contributed by atoms with E-state index in [-0.39, 0.29) is 17.4 Å². The van der Waals surface area contributed by atoms with Gasteiger partial charge in [-0.2, -0.15) is 0 Å². The quantitative estimate of drug-likeness (QED) is 0.774. The van der Waals surface area contributed by atoms with E-state index in [2.05, 4.69) is 43.3 Å². The van der Waals surface area contributed by atoms with Crippen LogP contribution >= 0.6 is 11.3 Å². The number of anilines is 2. The number of amides is 1. The van der Waals surface area contributed by atoms with Crippen molar-refractivity contribution in [1.82, 2.24) is 10.3 Å². The lowest BCUT2D eigenvalue weighted by molar-refractivity contribution is 0.0951. The van der Waals surface area contributed by atoms with Crippen LogP contribution in [0.25, 0.3) is 0 Å². The van der Waals surface area contributed by atoms with Crippen LogP contribution in [-0.4, -0.2) is 23.5 Å². The molecule has 0 spiro atoms. The SMILES string of the molecule is CC(C)CNc1nc(N)c(C(=O)NC2CC2(C)C)s1. The van der Waals surface area contributed by atoms with E-state index in [0.29, 0.717) is 21.7 Å². The van der Waals surface area contributed by atoms with Crippen LogP contribution in [-0.2, 0) is 0 Å². The van der Waals surface area contributed by atoms with Gasteiger partial charge in [0.05, 0.1) is 0 Å². The first-order valence-corrected chi connectivity index (χ1v) is 7.42. The number of carbonyl (C=O) groups is 1. The Labute approximate surface area is 118 Å². The van der Waals surface area contributed by atoms with Crippen molar-refractivity contribution in [3.63, 3.8) is 0 Å². The molecule has 0 bridgehead atoms. The number of carbonyl (C=O) groups excluding carboxylic acids is 1. The summed E-state index contributed by atoms with van der Waals surface area (Å²) in [7, 11) is 0. The number of hydrogen-bond donors (Lipinski definition) is 3. The van der Waals surface area contributed by atoms with Gasteiger partial charge in [0.25, 0.3) is 5.91 Å². The molecule has 1 saturated carbocycles. The van der Waals surface area contributed by atoms with Crippen LogP contribution < -0.4 is 16.4 Å². The summed E-state index contributed by atoms with van der Waals surface area (Å²) in [4.78, 5) is 16.8. The molecule has 1 heterocycles. The highest BCUT2D eigenvalue weighted by molar-refractivity contribution is 7.18. The number of nitrogens with two attached hydrogens (primary N) is 1. The van der Waals surface area contributed by atoms with Crippen molar-refractivity contribution in [2.75, 3.05) is 17.6 Å². The van der Waals surface area contributed by atoms with E-state index in [0.717, 1.165) is 13.0 Å². The maximum atomic E-state index is 12.1. The van der Waals surface area contributed by atoms with E-state index in [4.69, 9.17) is 5.73 Å². The fourth-order valence-electron chi connectivity index (χ4n) is 1.80. The third kappa shape index (κ3) is 3.37. The summed E-state index contributed by atoms with van der Waals surface area (Å²) in [6.45, 7) is 9.34. The lowest BCUT2D eigenvalue weighted by atomic mass is 10.2. The van der Waals surface area contributed by atoms with Gasteiger partial charge in [-0.1, -0.05) is 39.0 Å². The molecule has 1 amide bonds. The maximum absolute atomic E-state index is 12.1. The molecule has 1 fully saturated rings. The molecule has 5 nitrogen and oxygen atoms in total. The van der Waals surface area contributed by atoms with Gasteiger partial charge in [-0.05, 0) is 17.8 Å². The molecule has 0 saturated heterocycles. The van der Waals surface area contributed by atoms with Crippen molar-refractivity contribution in [3.8, 4) is 0 Å². The van der Waals surface area contributed by atoms with E-state index in [1.165, 1.54) is 11.3 Å². The number of nitrogen functional groups attached to an aromatic ring is 1. The average Bonchev–Trinajstić information content (AvgIpc) is 2.70. The molecule has 1 aliphatic rings. The Balaban J connectivity index is 1.98. The number of rotatable bonds is 5. The molecule has 2 rings (SSSR count). The Morgan fingerprint density at radius 2 is 2.21 bits per heavy atom. The molecule has 0 radical (unpaired) electrons. The second kappa shape index (κ2) is 5.00. The number of hydrogen-bond acceptors (Lipinski definition) is 5. The van der Waals surface area contributed by atoms with Crippen LogP contribution in [0.15, 0.2) is 0 Å². The van der Waals surface area contributed by atoms with Gasteiger partial charge >= 0.3 is 0 Å². The molecular weight excluding hydrogens is 260 g/mol. The minimum Gasteiger partial charge on any atom is -0.382 e. The third-order valence-electron chi connectivity index (χ3n) is 3.34. The summed E-state index contributed by atoms with van der Waals surface area (Å²) in [6.07, 6.45) is 1.02. The molecule has 4 N–H and O–H groups in total. The van der Waals surface area contributed by atoms with Gasteiger partial charge in [0, 0.05) is 12.6 Å². The highest BCUT2D eigenvalue weighted by Crippen LogP contribution is 2.44. The fourth-order valence-corrected chi connectivity index (χ4v) is 2.59. The van der Waals surface area contributed by atoms with Crippen molar-refractivity contribution >= 4 is 28.2 Å². The van der Waals surface area contributed by atoms with Gasteiger partial charge in [0.15, 0.2) is 5.13 Å². The number of nitrogens with one attached hydrogen (secondary N) is 2. The van der Waals surface area contributed by atoms with Gasteiger partial charge in [-0.25, -0.2) is 4.98 Å². The Morgan fingerprint density at radius 1 is 1.58 bits per heavy atom. The number of nitrogens with zero attached hydrogens (tertiary/aromatic N) is 1. The highest BCUT2D eigenvalue weighted by atomic mass is 32.1. The van der Waals surface area contributed by atoms with Crippen LogP contribution in [0.3, 0.4) is 0 Å². The molecular formula is C13H22N4OS. The normalized spacial score (nSPS) is 20.4. The molecule has 1 aromatic rings. The van der Waals surface area contributed by atoms with Crippen molar-refractivity contribution in [2.24, 2.45) is 11.3 Å².